The molecule has 86 valence electrons. The Kier molecular flexibility index (Phi) is 3.72. The summed E-state index contributed by atoms with van der Waals surface area (Å²) in [6.07, 6.45) is 7.40. The van der Waals surface area contributed by atoms with Gasteiger partial charge in [0.2, 0.25) is 0 Å². The zero-order chi connectivity index (χ0) is 11.5. The number of ether oxygens (including phenoxy) is 1. The van der Waals surface area contributed by atoms with Crippen molar-refractivity contribution in [3.63, 3.8) is 0 Å². The third-order valence-electron chi connectivity index (χ3n) is 2.96. The molecule has 2 heteroatoms. The van der Waals surface area contributed by atoms with Crippen LogP contribution in [0.3, 0.4) is 0 Å². The van der Waals surface area contributed by atoms with E-state index in [9.17, 15) is 4.79 Å². The lowest BCUT2D eigenvalue weighted by Crippen LogP contribution is -2.48. The first-order valence-electron chi connectivity index (χ1n) is 5.81. The van der Waals surface area contributed by atoms with Crippen molar-refractivity contribution in [2.24, 2.45) is 0 Å². The second kappa shape index (κ2) is 4.48. The normalized spacial score (nSPS) is 30.7. The molecular weight excluding hydrogens is 188 g/mol. The molecule has 0 aromatic rings. The Bertz CT molecular complexity index is 266. The van der Waals surface area contributed by atoms with Crippen LogP contribution in [-0.2, 0) is 9.53 Å². The Morgan fingerprint density at radius 1 is 1.33 bits per heavy atom. The van der Waals surface area contributed by atoms with Crippen LogP contribution in [0, 0.1) is 0 Å². The number of allylic oxidation sites excluding steroid dienone is 1. The Hall–Kier alpha value is -0.630. The fraction of sp³-hybridized carbons (Fsp3) is 0.769. The highest BCUT2D eigenvalue weighted by Gasteiger charge is 2.41. The monoisotopic (exact) mass is 210 g/mol. The first kappa shape index (κ1) is 12.4. The molecule has 1 atom stereocenters. The largest absolute Gasteiger partial charge is 0.361 e. The van der Waals surface area contributed by atoms with E-state index in [-0.39, 0.29) is 11.4 Å². The molecule has 1 aliphatic heterocycles. The van der Waals surface area contributed by atoms with Gasteiger partial charge in [0.15, 0.2) is 5.78 Å². The summed E-state index contributed by atoms with van der Waals surface area (Å²) >= 11 is 0. The van der Waals surface area contributed by atoms with Crippen molar-refractivity contribution in [2.75, 3.05) is 0 Å². The molecule has 1 rings (SSSR count). The van der Waals surface area contributed by atoms with Crippen LogP contribution in [0.2, 0.25) is 0 Å². The molecule has 0 saturated carbocycles. The number of carbonyl (C=O) groups excluding carboxylic acids is 1. The van der Waals surface area contributed by atoms with Gasteiger partial charge in [-0.25, -0.2) is 0 Å². The molecule has 1 heterocycles. The van der Waals surface area contributed by atoms with Crippen LogP contribution < -0.4 is 0 Å². The van der Waals surface area contributed by atoms with Crippen molar-refractivity contribution in [3.05, 3.63) is 12.2 Å². The molecule has 0 aromatic carbocycles. The van der Waals surface area contributed by atoms with Gasteiger partial charge in [-0.05, 0) is 52.5 Å². The summed E-state index contributed by atoms with van der Waals surface area (Å²) in [7, 11) is 0. The lowest BCUT2D eigenvalue weighted by atomic mass is 9.85. The molecule has 0 bridgehead atoms. The smallest absolute Gasteiger partial charge is 0.186 e. The average Bonchev–Trinajstić information content (AvgIpc) is 2.12. The molecule has 15 heavy (non-hydrogen) atoms. The molecule has 1 aliphatic rings. The summed E-state index contributed by atoms with van der Waals surface area (Å²) in [5, 5.41) is 0. The van der Waals surface area contributed by atoms with Gasteiger partial charge in [-0.15, -0.1) is 0 Å². The standard InChI is InChI=1S/C13H22O2/c1-5-6-8-11(14)13(4)10-7-9-12(2,3)15-13/h6,8H,5,7,9-10H2,1-4H3/b8-6+/t13-/m0/s1. The Morgan fingerprint density at radius 3 is 2.53 bits per heavy atom. The topological polar surface area (TPSA) is 26.3 Å². The Balaban J connectivity index is 2.73. The van der Waals surface area contributed by atoms with Crippen molar-refractivity contribution in [3.8, 4) is 0 Å². The molecular formula is C13H22O2. The van der Waals surface area contributed by atoms with E-state index in [1.54, 1.807) is 6.08 Å². The maximum Gasteiger partial charge on any atom is 0.186 e. The van der Waals surface area contributed by atoms with Gasteiger partial charge in [-0.2, -0.15) is 0 Å². The highest BCUT2D eigenvalue weighted by molar-refractivity contribution is 5.96. The number of hydrogen-bond donors (Lipinski definition) is 0. The van der Waals surface area contributed by atoms with Gasteiger partial charge in [-0.3, -0.25) is 4.79 Å². The average molecular weight is 210 g/mol. The summed E-state index contributed by atoms with van der Waals surface area (Å²) in [5.41, 5.74) is -0.768. The molecule has 0 aliphatic carbocycles. The predicted molar refractivity (Wildman–Crippen MR) is 61.9 cm³/mol. The van der Waals surface area contributed by atoms with Gasteiger partial charge < -0.3 is 4.74 Å². The van der Waals surface area contributed by atoms with E-state index in [1.165, 1.54) is 0 Å². The van der Waals surface area contributed by atoms with E-state index in [0.717, 1.165) is 25.7 Å². The Labute approximate surface area is 92.7 Å². The number of carbonyl (C=O) groups is 1. The van der Waals surface area contributed by atoms with Crippen LogP contribution in [-0.4, -0.2) is 17.0 Å². The van der Waals surface area contributed by atoms with E-state index >= 15 is 0 Å². The van der Waals surface area contributed by atoms with Gasteiger partial charge >= 0.3 is 0 Å². The minimum absolute atomic E-state index is 0.108. The molecule has 0 amide bonds. The molecule has 0 unspecified atom stereocenters. The van der Waals surface area contributed by atoms with Crippen LogP contribution in [0.4, 0.5) is 0 Å². The molecule has 2 nitrogen and oxygen atoms in total. The summed E-state index contributed by atoms with van der Waals surface area (Å²) in [4.78, 5) is 12.0. The second-order valence-corrected chi connectivity index (χ2v) is 5.12. The first-order valence-corrected chi connectivity index (χ1v) is 5.81. The third-order valence-corrected chi connectivity index (χ3v) is 2.96. The number of rotatable bonds is 3. The maximum absolute atomic E-state index is 12.0. The number of hydrogen-bond acceptors (Lipinski definition) is 2. The van der Waals surface area contributed by atoms with Crippen molar-refractivity contribution >= 4 is 5.78 Å². The Morgan fingerprint density at radius 2 is 2.00 bits per heavy atom. The minimum atomic E-state index is -0.604. The van der Waals surface area contributed by atoms with Crippen LogP contribution in [0.1, 0.15) is 53.4 Å². The van der Waals surface area contributed by atoms with Crippen LogP contribution >= 0.6 is 0 Å². The second-order valence-electron chi connectivity index (χ2n) is 5.12. The van der Waals surface area contributed by atoms with Gasteiger partial charge in [0.05, 0.1) is 5.60 Å². The van der Waals surface area contributed by atoms with Crippen LogP contribution in [0.15, 0.2) is 12.2 Å². The van der Waals surface area contributed by atoms with Gasteiger partial charge in [-0.1, -0.05) is 13.0 Å². The fourth-order valence-corrected chi connectivity index (χ4v) is 2.14. The minimum Gasteiger partial charge on any atom is -0.361 e. The van der Waals surface area contributed by atoms with Gasteiger partial charge in [0, 0.05) is 0 Å². The fourth-order valence-electron chi connectivity index (χ4n) is 2.14. The van der Waals surface area contributed by atoms with Crippen LogP contribution in [0.5, 0.6) is 0 Å². The summed E-state index contributed by atoms with van der Waals surface area (Å²) in [6, 6.07) is 0. The summed E-state index contributed by atoms with van der Waals surface area (Å²) in [5.74, 6) is 0.108. The number of ketones is 1. The molecule has 0 aromatic heterocycles. The van der Waals surface area contributed by atoms with Crippen molar-refractivity contribution in [2.45, 2.75) is 64.6 Å². The highest BCUT2D eigenvalue weighted by atomic mass is 16.5. The first-order chi connectivity index (χ1) is 6.90. The molecule has 1 fully saturated rings. The van der Waals surface area contributed by atoms with Crippen LogP contribution in [0.25, 0.3) is 0 Å². The lowest BCUT2D eigenvalue weighted by Gasteiger charge is -2.41. The summed E-state index contributed by atoms with van der Waals surface area (Å²) < 4.78 is 5.92. The van der Waals surface area contributed by atoms with Gasteiger partial charge in [0.25, 0.3) is 0 Å². The van der Waals surface area contributed by atoms with Crippen molar-refractivity contribution < 1.29 is 9.53 Å². The SMILES string of the molecule is CC/C=C/C(=O)[C@]1(C)CCCC(C)(C)O1. The zero-order valence-corrected chi connectivity index (χ0v) is 10.3. The van der Waals surface area contributed by atoms with E-state index in [4.69, 9.17) is 4.74 Å². The zero-order valence-electron chi connectivity index (χ0n) is 10.3. The van der Waals surface area contributed by atoms with E-state index < -0.39 is 5.60 Å². The van der Waals surface area contributed by atoms with Crippen molar-refractivity contribution in [1.82, 2.24) is 0 Å². The van der Waals surface area contributed by atoms with E-state index in [0.29, 0.717) is 0 Å². The van der Waals surface area contributed by atoms with Gasteiger partial charge in [0.1, 0.15) is 5.60 Å². The quantitative estimate of drug-likeness (QED) is 0.668. The van der Waals surface area contributed by atoms with E-state index in [1.807, 2.05) is 19.9 Å². The molecule has 0 spiro atoms. The highest BCUT2D eigenvalue weighted by Crippen LogP contribution is 2.35. The third kappa shape index (κ3) is 3.16. The molecule has 0 radical (unpaired) electrons. The molecule has 0 N–H and O–H groups in total. The van der Waals surface area contributed by atoms with Crippen molar-refractivity contribution in [1.29, 1.82) is 0 Å². The maximum atomic E-state index is 12.0. The van der Waals surface area contributed by atoms with E-state index in [2.05, 4.69) is 13.8 Å². The predicted octanol–water partition coefficient (Wildman–Crippen LogP) is 3.26. The lowest BCUT2D eigenvalue weighted by molar-refractivity contribution is -0.176. The molecule has 1 saturated heterocycles. The summed E-state index contributed by atoms with van der Waals surface area (Å²) in [6.45, 7) is 8.05.